The predicted molar refractivity (Wildman–Crippen MR) is 67.2 cm³/mol. The third kappa shape index (κ3) is 3.26. The van der Waals surface area contributed by atoms with Gasteiger partial charge in [-0.1, -0.05) is 0 Å². The SMILES string of the molecule is C[C@@H](O)[C@@H]1O[C@@H](O[C@@H]2[C@H](O)[C@@H](O)O[C@H](CO)[C@H]2O)[C@H](O)[C@H]1O. The summed E-state index contributed by atoms with van der Waals surface area (Å²) in [5, 5.41) is 67.4. The fourth-order valence-corrected chi connectivity index (χ4v) is 2.57. The average molecular weight is 326 g/mol. The first-order chi connectivity index (χ1) is 10.3. The highest BCUT2D eigenvalue weighted by Gasteiger charge is 2.51. The molecule has 2 heterocycles. The van der Waals surface area contributed by atoms with Crippen LogP contribution in [-0.2, 0) is 14.2 Å². The van der Waals surface area contributed by atoms with Gasteiger partial charge >= 0.3 is 0 Å². The van der Waals surface area contributed by atoms with E-state index in [2.05, 4.69) is 0 Å². The molecule has 2 aliphatic rings. The molecule has 0 spiro atoms. The zero-order valence-corrected chi connectivity index (χ0v) is 11.8. The molecule has 0 aromatic heterocycles. The fourth-order valence-electron chi connectivity index (χ4n) is 2.57. The number of ether oxygens (including phenoxy) is 3. The number of rotatable bonds is 4. The molecule has 2 aliphatic heterocycles. The molecule has 0 amide bonds. The largest absolute Gasteiger partial charge is 0.394 e. The average Bonchev–Trinajstić information content (AvgIpc) is 2.75. The Kier molecular flexibility index (Phi) is 5.72. The molecule has 10 nitrogen and oxygen atoms in total. The van der Waals surface area contributed by atoms with Crippen LogP contribution in [0.25, 0.3) is 0 Å². The molecule has 7 N–H and O–H groups in total. The minimum absolute atomic E-state index is 0.627. The summed E-state index contributed by atoms with van der Waals surface area (Å²) in [6.07, 6.45) is -14.1. The topological polar surface area (TPSA) is 169 Å². The van der Waals surface area contributed by atoms with Crippen LogP contribution in [0.2, 0.25) is 0 Å². The van der Waals surface area contributed by atoms with Gasteiger partial charge < -0.3 is 50.0 Å². The van der Waals surface area contributed by atoms with Crippen LogP contribution in [0, 0.1) is 0 Å². The van der Waals surface area contributed by atoms with Crippen molar-refractivity contribution in [2.24, 2.45) is 0 Å². The molecule has 0 radical (unpaired) electrons. The Morgan fingerprint density at radius 3 is 2.09 bits per heavy atom. The van der Waals surface area contributed by atoms with Crippen molar-refractivity contribution in [3.8, 4) is 0 Å². The van der Waals surface area contributed by atoms with Crippen LogP contribution in [0.15, 0.2) is 0 Å². The normalized spacial score (nSPS) is 51.0. The zero-order chi connectivity index (χ0) is 16.6. The second-order valence-electron chi connectivity index (χ2n) is 5.52. The summed E-state index contributed by atoms with van der Waals surface area (Å²) < 4.78 is 15.2. The summed E-state index contributed by atoms with van der Waals surface area (Å²) in [5.74, 6) is 0. The van der Waals surface area contributed by atoms with Gasteiger partial charge in [0.2, 0.25) is 0 Å². The monoisotopic (exact) mass is 326 g/mol. The molecule has 0 saturated carbocycles. The summed E-state index contributed by atoms with van der Waals surface area (Å²) >= 11 is 0. The van der Waals surface area contributed by atoms with Gasteiger partial charge in [-0.2, -0.15) is 0 Å². The van der Waals surface area contributed by atoms with Crippen LogP contribution >= 0.6 is 0 Å². The van der Waals surface area contributed by atoms with Gasteiger partial charge in [-0.25, -0.2) is 0 Å². The van der Waals surface area contributed by atoms with Gasteiger partial charge in [-0.15, -0.1) is 0 Å². The molecule has 22 heavy (non-hydrogen) atoms. The Hall–Kier alpha value is -0.400. The van der Waals surface area contributed by atoms with E-state index in [-0.39, 0.29) is 0 Å². The van der Waals surface area contributed by atoms with Crippen LogP contribution in [0.1, 0.15) is 6.92 Å². The van der Waals surface area contributed by atoms with Gasteiger partial charge in [-0.05, 0) is 6.92 Å². The number of hydrogen-bond donors (Lipinski definition) is 7. The lowest BCUT2D eigenvalue weighted by Crippen LogP contribution is -2.60. The standard InChI is InChI=1S/C12H22O10/c1-3(14)9-6(16)7(17)12(21-9)22-10-5(15)4(2-13)20-11(19)8(10)18/h3-19H,2H2,1H3/t3-,4-,5-,6-,7-,8+,9+,10+,11+,12+/m1/s1. The predicted octanol–water partition coefficient (Wildman–Crippen LogP) is -4.37. The third-order valence-electron chi connectivity index (χ3n) is 3.86. The quantitative estimate of drug-likeness (QED) is 0.268. The van der Waals surface area contributed by atoms with Crippen molar-refractivity contribution < 1.29 is 50.0 Å². The number of aliphatic hydroxyl groups is 7. The first-order valence-corrected chi connectivity index (χ1v) is 6.93. The van der Waals surface area contributed by atoms with Crippen LogP contribution in [0.3, 0.4) is 0 Å². The van der Waals surface area contributed by atoms with E-state index in [1.54, 1.807) is 0 Å². The number of hydrogen-bond acceptors (Lipinski definition) is 10. The van der Waals surface area contributed by atoms with E-state index < -0.39 is 68.0 Å². The summed E-state index contributed by atoms with van der Waals surface area (Å²) in [5.41, 5.74) is 0. The summed E-state index contributed by atoms with van der Waals surface area (Å²) in [4.78, 5) is 0. The molecule has 0 aliphatic carbocycles. The van der Waals surface area contributed by atoms with E-state index in [1.807, 2.05) is 0 Å². The summed E-state index contributed by atoms with van der Waals surface area (Å²) in [7, 11) is 0. The third-order valence-corrected chi connectivity index (χ3v) is 3.86. The first-order valence-electron chi connectivity index (χ1n) is 6.93. The van der Waals surface area contributed by atoms with Crippen molar-refractivity contribution in [1.82, 2.24) is 0 Å². The van der Waals surface area contributed by atoms with E-state index in [4.69, 9.17) is 19.3 Å². The Morgan fingerprint density at radius 1 is 0.955 bits per heavy atom. The van der Waals surface area contributed by atoms with Crippen molar-refractivity contribution in [1.29, 1.82) is 0 Å². The molecule has 0 unspecified atom stereocenters. The Bertz CT molecular complexity index is 366. The molecule has 0 bridgehead atoms. The van der Waals surface area contributed by atoms with Crippen molar-refractivity contribution >= 4 is 0 Å². The Morgan fingerprint density at radius 2 is 1.59 bits per heavy atom. The highest BCUT2D eigenvalue weighted by atomic mass is 16.7. The van der Waals surface area contributed by atoms with Gasteiger partial charge in [0.1, 0.15) is 42.7 Å². The van der Waals surface area contributed by atoms with Gasteiger partial charge in [-0.3, -0.25) is 0 Å². The lowest BCUT2D eigenvalue weighted by atomic mass is 9.99. The second-order valence-corrected chi connectivity index (χ2v) is 5.52. The van der Waals surface area contributed by atoms with E-state index >= 15 is 0 Å². The van der Waals surface area contributed by atoms with E-state index in [0.29, 0.717) is 0 Å². The second kappa shape index (κ2) is 7.01. The molecular weight excluding hydrogens is 304 g/mol. The highest BCUT2D eigenvalue weighted by molar-refractivity contribution is 4.94. The van der Waals surface area contributed by atoms with E-state index in [1.165, 1.54) is 6.92 Å². The van der Waals surface area contributed by atoms with Crippen LogP contribution in [0.4, 0.5) is 0 Å². The van der Waals surface area contributed by atoms with Crippen molar-refractivity contribution in [2.75, 3.05) is 6.61 Å². The minimum Gasteiger partial charge on any atom is -0.394 e. The summed E-state index contributed by atoms with van der Waals surface area (Å²) in [6.45, 7) is 0.727. The van der Waals surface area contributed by atoms with E-state index in [9.17, 15) is 30.6 Å². The molecular formula is C12H22O10. The highest BCUT2D eigenvalue weighted by Crippen LogP contribution is 2.29. The zero-order valence-electron chi connectivity index (χ0n) is 11.8. The van der Waals surface area contributed by atoms with Crippen molar-refractivity contribution in [3.63, 3.8) is 0 Å². The maximum absolute atomic E-state index is 9.97. The first kappa shape index (κ1) is 17.9. The van der Waals surface area contributed by atoms with Crippen LogP contribution in [-0.4, -0.2) is 104 Å². The minimum atomic E-state index is -1.71. The molecule has 10 atom stereocenters. The molecule has 2 rings (SSSR count). The van der Waals surface area contributed by atoms with E-state index in [0.717, 1.165) is 0 Å². The van der Waals surface area contributed by atoms with Crippen molar-refractivity contribution in [3.05, 3.63) is 0 Å². The van der Waals surface area contributed by atoms with Gasteiger partial charge in [0.15, 0.2) is 12.6 Å². The van der Waals surface area contributed by atoms with Gasteiger partial charge in [0.05, 0.1) is 12.7 Å². The maximum Gasteiger partial charge on any atom is 0.187 e. The van der Waals surface area contributed by atoms with Gasteiger partial charge in [0, 0.05) is 0 Å². The molecule has 0 aromatic carbocycles. The van der Waals surface area contributed by atoms with Gasteiger partial charge in [0.25, 0.3) is 0 Å². The Labute approximate surface area is 126 Å². The molecule has 10 heteroatoms. The lowest BCUT2D eigenvalue weighted by Gasteiger charge is -2.41. The smallest absolute Gasteiger partial charge is 0.187 e. The lowest BCUT2D eigenvalue weighted by molar-refractivity contribution is -0.322. The number of aliphatic hydroxyl groups excluding tert-OH is 7. The van der Waals surface area contributed by atoms with Crippen LogP contribution in [0.5, 0.6) is 0 Å². The maximum atomic E-state index is 9.97. The molecule has 0 aromatic rings. The Balaban J connectivity index is 2.08. The fraction of sp³-hybridized carbons (Fsp3) is 1.00. The molecule has 130 valence electrons. The summed E-state index contributed by atoms with van der Waals surface area (Å²) in [6, 6.07) is 0. The van der Waals surface area contributed by atoms with Crippen molar-refractivity contribution in [2.45, 2.75) is 68.3 Å². The van der Waals surface area contributed by atoms with Crippen LogP contribution < -0.4 is 0 Å². The molecule has 2 saturated heterocycles. The molecule has 2 fully saturated rings.